The Labute approximate surface area is 143 Å². The number of nitrogens with zero attached hydrogens (tertiary/aromatic N) is 3. The molecular weight excluding hydrogens is 392 g/mol. The van der Waals surface area contributed by atoms with Gasteiger partial charge in [0, 0.05) is 23.9 Å². The number of aromatic hydroxyl groups is 1. The van der Waals surface area contributed by atoms with Crippen LogP contribution < -0.4 is 5.43 Å². The van der Waals surface area contributed by atoms with E-state index in [1.807, 2.05) is 0 Å². The van der Waals surface area contributed by atoms with E-state index in [1.54, 1.807) is 0 Å². The summed E-state index contributed by atoms with van der Waals surface area (Å²) >= 11 is 8.77. The number of amides is 1. The van der Waals surface area contributed by atoms with Crippen molar-refractivity contribution in [1.82, 2.24) is 10.4 Å². The van der Waals surface area contributed by atoms with Crippen LogP contribution in [-0.2, 0) is 0 Å². The van der Waals surface area contributed by atoms with Crippen LogP contribution in [0, 0.1) is 10.1 Å². The minimum absolute atomic E-state index is 0.0149. The first-order chi connectivity index (χ1) is 10.9. The van der Waals surface area contributed by atoms with Crippen LogP contribution in [0.1, 0.15) is 15.9 Å². The van der Waals surface area contributed by atoms with Gasteiger partial charge in [-0.1, -0.05) is 11.6 Å². The van der Waals surface area contributed by atoms with Gasteiger partial charge < -0.3 is 5.11 Å². The molecule has 0 aliphatic heterocycles. The Balaban J connectivity index is 2.19. The highest BCUT2D eigenvalue weighted by Gasteiger charge is 2.14. The predicted octanol–water partition coefficient (Wildman–Crippen LogP) is 2.88. The van der Waals surface area contributed by atoms with Gasteiger partial charge >= 0.3 is 0 Å². The predicted molar refractivity (Wildman–Crippen MR) is 86.8 cm³/mol. The maximum Gasteiger partial charge on any atom is 0.274 e. The summed E-state index contributed by atoms with van der Waals surface area (Å²) in [5, 5.41) is 24.3. The normalized spacial score (nSPS) is 10.7. The Morgan fingerprint density at radius 1 is 1.52 bits per heavy atom. The number of pyridine rings is 1. The number of nitro groups is 1. The lowest BCUT2D eigenvalue weighted by atomic mass is 10.2. The van der Waals surface area contributed by atoms with Crippen LogP contribution in [0.4, 0.5) is 5.69 Å². The molecule has 0 aliphatic carbocycles. The summed E-state index contributed by atoms with van der Waals surface area (Å²) in [6.07, 6.45) is 2.51. The summed E-state index contributed by atoms with van der Waals surface area (Å²) in [4.78, 5) is 25.8. The van der Waals surface area contributed by atoms with Gasteiger partial charge in [0.25, 0.3) is 11.6 Å². The molecule has 8 nitrogen and oxygen atoms in total. The second kappa shape index (κ2) is 7.16. The van der Waals surface area contributed by atoms with Crippen LogP contribution in [0.25, 0.3) is 0 Å². The van der Waals surface area contributed by atoms with Crippen LogP contribution in [0.15, 0.2) is 40.0 Å². The lowest BCUT2D eigenvalue weighted by molar-refractivity contribution is -0.385. The third-order valence-corrected chi connectivity index (χ3v) is 3.57. The number of nitro benzene ring substituents is 1. The smallest absolute Gasteiger partial charge is 0.274 e. The molecule has 0 saturated heterocycles. The van der Waals surface area contributed by atoms with Crippen molar-refractivity contribution in [3.63, 3.8) is 0 Å². The molecule has 10 heteroatoms. The quantitative estimate of drug-likeness (QED) is 0.355. The number of non-ortho nitro benzene ring substituents is 1. The van der Waals surface area contributed by atoms with Gasteiger partial charge in [0.1, 0.15) is 10.9 Å². The van der Waals surface area contributed by atoms with E-state index in [4.69, 9.17) is 11.6 Å². The van der Waals surface area contributed by atoms with Crippen molar-refractivity contribution in [2.75, 3.05) is 0 Å². The van der Waals surface area contributed by atoms with Gasteiger partial charge in [-0.2, -0.15) is 5.10 Å². The van der Waals surface area contributed by atoms with Crippen LogP contribution in [0.3, 0.4) is 0 Å². The Hall–Kier alpha value is -2.52. The van der Waals surface area contributed by atoms with Crippen LogP contribution in [-0.4, -0.2) is 27.1 Å². The van der Waals surface area contributed by atoms with Gasteiger partial charge in [0.15, 0.2) is 0 Å². The standard InChI is InChI=1S/C13H8BrClN4O4/c14-10-5-8(19(22)23)4-7(11(10)20)6-17-18-13(21)9-2-1-3-16-12(9)15/h1-6,20H,(H,18,21)/b17-6+. The van der Waals surface area contributed by atoms with Gasteiger partial charge in [0.05, 0.1) is 21.2 Å². The number of aromatic nitrogens is 1. The molecule has 0 saturated carbocycles. The van der Waals surface area contributed by atoms with E-state index in [-0.39, 0.29) is 32.2 Å². The molecule has 0 aliphatic rings. The molecule has 1 aromatic heterocycles. The van der Waals surface area contributed by atoms with E-state index in [9.17, 15) is 20.0 Å². The fraction of sp³-hybridized carbons (Fsp3) is 0. The molecule has 2 aromatic rings. The molecule has 2 rings (SSSR count). The van der Waals surface area contributed by atoms with Crippen LogP contribution >= 0.6 is 27.5 Å². The Bertz CT molecular complexity index is 813. The summed E-state index contributed by atoms with van der Waals surface area (Å²) in [6, 6.07) is 5.27. The minimum Gasteiger partial charge on any atom is -0.506 e. The van der Waals surface area contributed by atoms with E-state index in [2.05, 4.69) is 31.4 Å². The van der Waals surface area contributed by atoms with Gasteiger partial charge in [-0.3, -0.25) is 14.9 Å². The summed E-state index contributed by atoms with van der Waals surface area (Å²) in [5.41, 5.74) is 2.14. The molecule has 0 atom stereocenters. The first-order valence-corrected chi connectivity index (χ1v) is 7.18. The number of phenolic OH excluding ortho intramolecular Hbond substituents is 1. The molecule has 0 spiro atoms. The second-order valence-corrected chi connectivity index (χ2v) is 5.38. The van der Waals surface area contributed by atoms with Crippen molar-refractivity contribution in [2.45, 2.75) is 0 Å². The summed E-state index contributed by atoms with van der Waals surface area (Å²) in [5.74, 6) is -0.851. The summed E-state index contributed by atoms with van der Waals surface area (Å²) in [7, 11) is 0. The molecule has 1 aromatic carbocycles. The van der Waals surface area contributed by atoms with Crippen LogP contribution in [0.2, 0.25) is 5.15 Å². The summed E-state index contributed by atoms with van der Waals surface area (Å²) < 4.78 is 0.134. The molecule has 0 unspecified atom stereocenters. The fourth-order valence-corrected chi connectivity index (χ4v) is 2.25. The molecule has 1 heterocycles. The van der Waals surface area contributed by atoms with E-state index in [1.165, 1.54) is 18.3 Å². The summed E-state index contributed by atoms with van der Waals surface area (Å²) in [6.45, 7) is 0. The molecule has 0 radical (unpaired) electrons. The maximum atomic E-state index is 11.9. The number of halogens is 2. The molecule has 0 bridgehead atoms. The number of hydrogen-bond acceptors (Lipinski definition) is 6. The van der Waals surface area contributed by atoms with Crippen molar-refractivity contribution < 1.29 is 14.8 Å². The average Bonchev–Trinajstić information content (AvgIpc) is 2.51. The number of phenols is 1. The number of hydrogen-bond donors (Lipinski definition) is 2. The Kier molecular flexibility index (Phi) is 5.24. The number of carbonyl (C=O) groups excluding carboxylic acids is 1. The zero-order valence-electron chi connectivity index (χ0n) is 11.2. The largest absolute Gasteiger partial charge is 0.506 e. The molecule has 118 valence electrons. The molecule has 1 amide bonds. The second-order valence-electron chi connectivity index (χ2n) is 4.16. The highest BCUT2D eigenvalue weighted by atomic mass is 79.9. The zero-order valence-corrected chi connectivity index (χ0v) is 13.6. The lowest BCUT2D eigenvalue weighted by Crippen LogP contribution is -2.18. The number of hydrazone groups is 1. The third-order valence-electron chi connectivity index (χ3n) is 2.66. The number of rotatable bonds is 4. The fourth-order valence-electron chi connectivity index (χ4n) is 1.59. The van der Waals surface area contributed by atoms with E-state index < -0.39 is 10.8 Å². The highest BCUT2D eigenvalue weighted by Crippen LogP contribution is 2.31. The Morgan fingerprint density at radius 2 is 2.26 bits per heavy atom. The van der Waals surface area contributed by atoms with Gasteiger partial charge in [-0.25, -0.2) is 10.4 Å². The van der Waals surface area contributed by atoms with Crippen molar-refractivity contribution >= 4 is 45.3 Å². The minimum atomic E-state index is -0.616. The van der Waals surface area contributed by atoms with E-state index in [0.29, 0.717) is 0 Å². The number of carbonyl (C=O) groups is 1. The maximum absolute atomic E-state index is 11.9. The van der Waals surface area contributed by atoms with Gasteiger partial charge in [0.2, 0.25) is 0 Å². The molecular formula is C13H8BrClN4O4. The first kappa shape index (κ1) is 16.8. The van der Waals surface area contributed by atoms with E-state index in [0.717, 1.165) is 18.3 Å². The van der Waals surface area contributed by atoms with Crippen molar-refractivity contribution in [3.8, 4) is 5.75 Å². The molecule has 23 heavy (non-hydrogen) atoms. The molecule has 0 fully saturated rings. The monoisotopic (exact) mass is 398 g/mol. The van der Waals surface area contributed by atoms with Crippen molar-refractivity contribution in [1.29, 1.82) is 0 Å². The molecule has 2 N–H and O–H groups in total. The zero-order chi connectivity index (χ0) is 17.0. The topological polar surface area (TPSA) is 118 Å². The SMILES string of the molecule is O=C(N/N=C/c1cc([N+](=O)[O-])cc(Br)c1O)c1cccnc1Cl. The number of nitrogens with one attached hydrogen (secondary N) is 1. The third kappa shape index (κ3) is 4.02. The first-order valence-electron chi connectivity index (χ1n) is 6.01. The van der Waals surface area contributed by atoms with E-state index >= 15 is 0 Å². The highest BCUT2D eigenvalue weighted by molar-refractivity contribution is 9.10. The Morgan fingerprint density at radius 3 is 2.91 bits per heavy atom. The van der Waals surface area contributed by atoms with Gasteiger partial charge in [-0.05, 0) is 28.1 Å². The van der Waals surface area contributed by atoms with Crippen molar-refractivity contribution in [2.24, 2.45) is 5.10 Å². The lowest BCUT2D eigenvalue weighted by Gasteiger charge is -2.03. The number of benzene rings is 1. The van der Waals surface area contributed by atoms with Gasteiger partial charge in [-0.15, -0.1) is 0 Å². The average molecular weight is 400 g/mol. The van der Waals surface area contributed by atoms with Crippen molar-refractivity contribution in [3.05, 3.63) is 61.3 Å². The van der Waals surface area contributed by atoms with Crippen LogP contribution in [0.5, 0.6) is 5.75 Å².